The van der Waals surface area contributed by atoms with Crippen molar-refractivity contribution in [3.63, 3.8) is 0 Å². The highest BCUT2D eigenvalue weighted by molar-refractivity contribution is 6.08. The van der Waals surface area contributed by atoms with Gasteiger partial charge in [-0.2, -0.15) is 0 Å². The Kier molecular flexibility index (Phi) is 5.09. The van der Waals surface area contributed by atoms with Crippen LogP contribution in [-0.4, -0.2) is 53.6 Å². The van der Waals surface area contributed by atoms with E-state index < -0.39 is 28.3 Å². The number of hydrogen-bond acceptors (Lipinski definition) is 7. The first kappa shape index (κ1) is 17.3. The normalized spacial score (nSPS) is 14.1. The molecule has 1 aliphatic rings. The first-order valence-corrected chi connectivity index (χ1v) is 6.81. The van der Waals surface area contributed by atoms with Crippen molar-refractivity contribution < 1.29 is 28.7 Å². The van der Waals surface area contributed by atoms with Gasteiger partial charge < -0.3 is 20.1 Å². The predicted molar refractivity (Wildman–Crippen MR) is 79.4 cm³/mol. The Morgan fingerprint density at radius 3 is 2.79 bits per heavy atom. The fourth-order valence-corrected chi connectivity index (χ4v) is 2.25. The smallest absolute Gasteiger partial charge is 0.337 e. The Hall–Kier alpha value is -3.01. The maximum atomic E-state index is 13.5. The summed E-state index contributed by atoms with van der Waals surface area (Å²) in [4.78, 5) is 35.3. The van der Waals surface area contributed by atoms with Gasteiger partial charge in [0.05, 0.1) is 36.8 Å². The van der Waals surface area contributed by atoms with Crippen LogP contribution >= 0.6 is 0 Å². The van der Waals surface area contributed by atoms with Crippen LogP contribution in [0.1, 0.15) is 0 Å². The van der Waals surface area contributed by atoms with Crippen molar-refractivity contribution in [2.45, 2.75) is 0 Å². The number of aliphatic hydroxyl groups is 1. The Morgan fingerprint density at radius 2 is 2.21 bits per heavy atom. The van der Waals surface area contributed by atoms with Crippen molar-refractivity contribution in [1.82, 2.24) is 4.90 Å². The standard InChI is InChI=1S/C14H14FN3O6/c1-24-14(21)11-7-17(2-3-19)13(20)12(11)16-9-4-8(15)5-10(6-9)18(22)23/h4-6,16,19H,2-3,7H2,1H3. The lowest BCUT2D eigenvalue weighted by Gasteiger charge is -2.15. The lowest BCUT2D eigenvalue weighted by molar-refractivity contribution is -0.385. The molecule has 0 saturated carbocycles. The summed E-state index contributed by atoms with van der Waals surface area (Å²) >= 11 is 0. The van der Waals surface area contributed by atoms with E-state index in [-0.39, 0.29) is 36.7 Å². The highest BCUT2D eigenvalue weighted by atomic mass is 19.1. The number of halogens is 1. The van der Waals surface area contributed by atoms with Gasteiger partial charge in [0.2, 0.25) is 0 Å². The molecule has 0 fully saturated rings. The molecular weight excluding hydrogens is 325 g/mol. The Morgan fingerprint density at radius 1 is 1.50 bits per heavy atom. The summed E-state index contributed by atoms with van der Waals surface area (Å²) in [6.45, 7) is -0.404. The maximum absolute atomic E-state index is 13.5. The number of nitro benzene ring substituents is 1. The van der Waals surface area contributed by atoms with Crippen molar-refractivity contribution in [2.75, 3.05) is 32.1 Å². The molecule has 24 heavy (non-hydrogen) atoms. The summed E-state index contributed by atoms with van der Waals surface area (Å²) in [5, 5.41) is 22.3. The molecule has 1 aromatic carbocycles. The molecule has 0 radical (unpaired) electrons. The number of rotatable bonds is 6. The number of anilines is 1. The molecule has 1 aliphatic heterocycles. The fourth-order valence-electron chi connectivity index (χ4n) is 2.25. The number of β-amino-alcohol motifs (C(OH)–C–C–N with tert-alkyl or cyclic N) is 1. The van der Waals surface area contributed by atoms with Crippen LogP contribution in [0.5, 0.6) is 0 Å². The number of ether oxygens (including phenoxy) is 1. The molecule has 1 amide bonds. The van der Waals surface area contributed by atoms with Crippen molar-refractivity contribution in [3.05, 3.63) is 45.4 Å². The monoisotopic (exact) mass is 339 g/mol. The van der Waals surface area contributed by atoms with Crippen molar-refractivity contribution in [3.8, 4) is 0 Å². The second-order valence-corrected chi connectivity index (χ2v) is 4.88. The Balaban J connectivity index is 2.38. The van der Waals surface area contributed by atoms with Crippen LogP contribution in [0.4, 0.5) is 15.8 Å². The van der Waals surface area contributed by atoms with Gasteiger partial charge in [-0.25, -0.2) is 9.18 Å². The van der Waals surface area contributed by atoms with Crippen LogP contribution in [0.15, 0.2) is 29.5 Å². The van der Waals surface area contributed by atoms with E-state index in [0.717, 1.165) is 25.3 Å². The number of non-ortho nitro benzene ring substituents is 1. The van der Waals surface area contributed by atoms with Crippen LogP contribution in [-0.2, 0) is 14.3 Å². The number of amides is 1. The summed E-state index contributed by atoms with van der Waals surface area (Å²) in [7, 11) is 1.14. The summed E-state index contributed by atoms with van der Waals surface area (Å²) < 4.78 is 18.1. The molecule has 0 bridgehead atoms. The third kappa shape index (κ3) is 3.49. The molecule has 0 spiro atoms. The largest absolute Gasteiger partial charge is 0.466 e. The highest BCUT2D eigenvalue weighted by Crippen LogP contribution is 2.25. The van der Waals surface area contributed by atoms with E-state index in [1.807, 2.05) is 0 Å². The molecule has 1 aromatic rings. The molecule has 1 heterocycles. The van der Waals surface area contributed by atoms with Gasteiger partial charge in [0.1, 0.15) is 11.5 Å². The number of nitrogens with one attached hydrogen (secondary N) is 1. The number of carbonyl (C=O) groups is 2. The molecule has 0 unspecified atom stereocenters. The predicted octanol–water partition coefficient (Wildman–Crippen LogP) is 0.407. The molecule has 128 valence electrons. The highest BCUT2D eigenvalue weighted by Gasteiger charge is 2.34. The van der Waals surface area contributed by atoms with E-state index in [0.29, 0.717) is 0 Å². The zero-order valence-electron chi connectivity index (χ0n) is 12.6. The van der Waals surface area contributed by atoms with Crippen LogP contribution in [0, 0.1) is 15.9 Å². The van der Waals surface area contributed by atoms with Crippen molar-refractivity contribution in [2.24, 2.45) is 0 Å². The second kappa shape index (κ2) is 7.04. The SMILES string of the molecule is COC(=O)C1=C(Nc2cc(F)cc([N+](=O)[O-])c2)C(=O)N(CCO)C1. The Bertz CT molecular complexity index is 733. The minimum atomic E-state index is -0.871. The molecule has 2 N–H and O–H groups in total. The molecule has 10 heteroatoms. The molecule has 0 aliphatic carbocycles. The third-order valence-electron chi connectivity index (χ3n) is 3.32. The zero-order valence-corrected chi connectivity index (χ0v) is 12.6. The van der Waals surface area contributed by atoms with Gasteiger partial charge in [-0.3, -0.25) is 14.9 Å². The minimum absolute atomic E-state index is 0.00614. The Labute approximate surface area is 135 Å². The van der Waals surface area contributed by atoms with E-state index in [1.54, 1.807) is 0 Å². The fraction of sp³-hybridized carbons (Fsp3) is 0.286. The molecular formula is C14H14FN3O6. The molecule has 0 aromatic heterocycles. The number of nitrogens with zero attached hydrogens (tertiary/aromatic N) is 2. The topological polar surface area (TPSA) is 122 Å². The van der Waals surface area contributed by atoms with E-state index >= 15 is 0 Å². The summed E-state index contributed by atoms with van der Waals surface area (Å²) in [5.74, 6) is -2.24. The lowest BCUT2D eigenvalue weighted by Crippen LogP contribution is -2.31. The van der Waals surface area contributed by atoms with Crippen LogP contribution in [0.3, 0.4) is 0 Å². The third-order valence-corrected chi connectivity index (χ3v) is 3.32. The number of aliphatic hydroxyl groups excluding tert-OH is 1. The van der Waals surface area contributed by atoms with E-state index in [9.17, 15) is 24.1 Å². The lowest BCUT2D eigenvalue weighted by atomic mass is 10.2. The molecule has 0 atom stereocenters. The average Bonchev–Trinajstić information content (AvgIpc) is 2.83. The number of benzene rings is 1. The quantitative estimate of drug-likeness (QED) is 0.437. The number of methoxy groups -OCH3 is 1. The summed E-state index contributed by atoms with van der Waals surface area (Å²) in [5.41, 5.74) is -0.745. The van der Waals surface area contributed by atoms with Crippen LogP contribution in [0.25, 0.3) is 0 Å². The van der Waals surface area contributed by atoms with E-state index in [4.69, 9.17) is 5.11 Å². The van der Waals surface area contributed by atoms with Crippen molar-refractivity contribution in [1.29, 1.82) is 0 Å². The average molecular weight is 339 g/mol. The number of nitro groups is 1. The maximum Gasteiger partial charge on any atom is 0.337 e. The first-order valence-electron chi connectivity index (χ1n) is 6.81. The van der Waals surface area contributed by atoms with Crippen LogP contribution in [0.2, 0.25) is 0 Å². The van der Waals surface area contributed by atoms with Gasteiger partial charge in [-0.15, -0.1) is 0 Å². The van der Waals surface area contributed by atoms with Gasteiger partial charge in [-0.1, -0.05) is 0 Å². The van der Waals surface area contributed by atoms with Gasteiger partial charge in [-0.05, 0) is 6.07 Å². The number of hydrogen-bond donors (Lipinski definition) is 2. The first-order chi connectivity index (χ1) is 11.4. The molecule has 2 rings (SSSR count). The molecule has 9 nitrogen and oxygen atoms in total. The van der Waals surface area contributed by atoms with Gasteiger partial charge in [0.15, 0.2) is 0 Å². The van der Waals surface area contributed by atoms with E-state index in [2.05, 4.69) is 10.1 Å². The summed E-state index contributed by atoms with van der Waals surface area (Å²) in [6.07, 6.45) is 0. The summed E-state index contributed by atoms with van der Waals surface area (Å²) in [6, 6.07) is 2.72. The second-order valence-electron chi connectivity index (χ2n) is 4.88. The number of carbonyl (C=O) groups excluding carboxylic acids is 2. The number of esters is 1. The van der Waals surface area contributed by atoms with Crippen LogP contribution < -0.4 is 5.32 Å². The van der Waals surface area contributed by atoms with Gasteiger partial charge in [0.25, 0.3) is 11.6 Å². The zero-order chi connectivity index (χ0) is 17.9. The van der Waals surface area contributed by atoms with Gasteiger partial charge in [0, 0.05) is 18.3 Å². The van der Waals surface area contributed by atoms with E-state index in [1.165, 1.54) is 4.90 Å². The molecule has 0 saturated heterocycles. The van der Waals surface area contributed by atoms with Gasteiger partial charge >= 0.3 is 5.97 Å². The van der Waals surface area contributed by atoms with Crippen molar-refractivity contribution >= 4 is 23.3 Å². The minimum Gasteiger partial charge on any atom is -0.466 e.